The Hall–Kier alpha value is -1.31. The lowest BCUT2D eigenvalue weighted by atomic mass is 9.97. The summed E-state index contributed by atoms with van der Waals surface area (Å²) in [5.41, 5.74) is -0.0350. The second kappa shape index (κ2) is 6.90. The van der Waals surface area contributed by atoms with E-state index in [0.717, 1.165) is 44.4 Å². The van der Waals surface area contributed by atoms with E-state index in [4.69, 9.17) is 11.6 Å². The molecule has 0 radical (unpaired) electrons. The van der Waals surface area contributed by atoms with Gasteiger partial charge in [0, 0.05) is 12.6 Å². The van der Waals surface area contributed by atoms with Crippen LogP contribution < -0.4 is 5.32 Å². The third kappa shape index (κ3) is 3.68. The lowest BCUT2D eigenvalue weighted by molar-refractivity contribution is -0.137. The van der Waals surface area contributed by atoms with Crippen LogP contribution in [0.4, 0.5) is 13.2 Å². The van der Waals surface area contributed by atoms with Crippen LogP contribution in [0, 0.1) is 0 Å². The third-order valence-electron chi connectivity index (χ3n) is 4.46. The van der Waals surface area contributed by atoms with Crippen LogP contribution in [0.5, 0.6) is 0 Å². The van der Waals surface area contributed by atoms with Crippen LogP contribution in [0.3, 0.4) is 0 Å². The van der Waals surface area contributed by atoms with Gasteiger partial charge in [0.25, 0.3) is 0 Å². The summed E-state index contributed by atoms with van der Waals surface area (Å²) in [6, 6.07) is 2.03. The van der Waals surface area contributed by atoms with E-state index in [1.165, 1.54) is 6.33 Å². The van der Waals surface area contributed by atoms with Crippen LogP contribution in [0.1, 0.15) is 31.2 Å². The number of hydrogen-bond acceptors (Lipinski definition) is 3. The van der Waals surface area contributed by atoms with Gasteiger partial charge in [-0.25, -0.2) is 4.98 Å². The number of fused-ring (bicyclic) bond motifs is 1. The second-order valence-corrected chi connectivity index (χ2v) is 6.58. The minimum atomic E-state index is -4.44. The Labute approximate surface area is 142 Å². The normalized spacial score (nSPS) is 22.2. The molecule has 1 aliphatic heterocycles. The Morgan fingerprint density at radius 3 is 2.88 bits per heavy atom. The quantitative estimate of drug-likeness (QED) is 0.874. The van der Waals surface area contributed by atoms with Crippen LogP contribution in [0.2, 0.25) is 5.02 Å². The molecular weight excluding hydrogens is 343 g/mol. The van der Waals surface area contributed by atoms with Crippen molar-refractivity contribution in [3.63, 3.8) is 0 Å². The number of imidazole rings is 1. The molecule has 1 fully saturated rings. The molecule has 1 aromatic heterocycles. The first-order chi connectivity index (χ1) is 11.4. The molecule has 2 atom stereocenters. The highest BCUT2D eigenvalue weighted by Crippen LogP contribution is 2.34. The maximum absolute atomic E-state index is 12.8. The molecule has 0 spiro atoms. The number of nitrogens with zero attached hydrogens (tertiary/aromatic N) is 2. The van der Waals surface area contributed by atoms with Gasteiger partial charge in [0.05, 0.1) is 34.1 Å². The molecule has 132 valence electrons. The summed E-state index contributed by atoms with van der Waals surface area (Å²) in [6.07, 6.45) is 0.0810. The molecule has 0 bridgehead atoms. The van der Waals surface area contributed by atoms with Gasteiger partial charge in [0.2, 0.25) is 0 Å². The molecule has 8 heteroatoms. The number of aliphatic hydroxyl groups is 1. The lowest BCUT2D eigenvalue weighted by Crippen LogP contribution is -2.44. The Kier molecular flexibility index (Phi) is 5.03. The number of nitrogens with one attached hydrogen (secondary N) is 1. The second-order valence-electron chi connectivity index (χ2n) is 6.17. The zero-order valence-electron chi connectivity index (χ0n) is 13.0. The molecule has 24 heavy (non-hydrogen) atoms. The molecule has 0 saturated carbocycles. The van der Waals surface area contributed by atoms with E-state index in [9.17, 15) is 18.3 Å². The number of aromatic nitrogens is 2. The Morgan fingerprint density at radius 1 is 1.38 bits per heavy atom. The van der Waals surface area contributed by atoms with E-state index >= 15 is 0 Å². The number of halogens is 4. The van der Waals surface area contributed by atoms with Crippen molar-refractivity contribution < 1.29 is 18.3 Å². The molecule has 3 rings (SSSR count). The predicted molar refractivity (Wildman–Crippen MR) is 86.0 cm³/mol. The SMILES string of the molecule is O[C@H]1CCCN[C@@H]1CCCn1cnc2cc(C(F)(F)F)cc(Cl)c21. The maximum Gasteiger partial charge on any atom is 0.416 e. The van der Waals surface area contributed by atoms with Gasteiger partial charge >= 0.3 is 6.18 Å². The Morgan fingerprint density at radius 2 is 2.17 bits per heavy atom. The first-order valence-electron chi connectivity index (χ1n) is 7.99. The summed E-state index contributed by atoms with van der Waals surface area (Å²) in [5, 5.41) is 13.3. The van der Waals surface area contributed by atoms with Gasteiger partial charge in [-0.2, -0.15) is 13.2 Å². The molecule has 2 aromatic rings. The van der Waals surface area contributed by atoms with Crippen LogP contribution >= 0.6 is 11.6 Å². The summed E-state index contributed by atoms with van der Waals surface area (Å²) in [4.78, 5) is 4.05. The van der Waals surface area contributed by atoms with E-state index < -0.39 is 11.7 Å². The molecule has 4 nitrogen and oxygen atoms in total. The number of alkyl halides is 3. The molecule has 0 unspecified atom stereocenters. The van der Waals surface area contributed by atoms with E-state index in [1.807, 2.05) is 0 Å². The molecule has 2 heterocycles. The van der Waals surface area contributed by atoms with Crippen molar-refractivity contribution in [3.05, 3.63) is 29.0 Å². The summed E-state index contributed by atoms with van der Waals surface area (Å²) in [7, 11) is 0. The van der Waals surface area contributed by atoms with Crippen molar-refractivity contribution in [2.45, 2.75) is 50.6 Å². The zero-order valence-corrected chi connectivity index (χ0v) is 13.7. The fourth-order valence-electron chi connectivity index (χ4n) is 3.20. The molecule has 0 amide bonds. The van der Waals surface area contributed by atoms with E-state index in [0.29, 0.717) is 12.1 Å². The minimum Gasteiger partial charge on any atom is -0.392 e. The van der Waals surface area contributed by atoms with Crippen molar-refractivity contribution in [2.24, 2.45) is 0 Å². The van der Waals surface area contributed by atoms with Gasteiger partial charge in [0.1, 0.15) is 0 Å². The average Bonchev–Trinajstić information content (AvgIpc) is 2.92. The number of aryl methyl sites for hydroxylation is 1. The van der Waals surface area contributed by atoms with Crippen molar-refractivity contribution in [3.8, 4) is 0 Å². The van der Waals surface area contributed by atoms with Crippen LogP contribution in [-0.2, 0) is 12.7 Å². The largest absolute Gasteiger partial charge is 0.416 e. The highest BCUT2D eigenvalue weighted by molar-refractivity contribution is 6.35. The van der Waals surface area contributed by atoms with Crippen molar-refractivity contribution in [1.82, 2.24) is 14.9 Å². The fourth-order valence-corrected chi connectivity index (χ4v) is 3.52. The van der Waals surface area contributed by atoms with Crippen LogP contribution in [0.15, 0.2) is 18.5 Å². The molecule has 1 aromatic carbocycles. The maximum atomic E-state index is 12.8. The van der Waals surface area contributed by atoms with E-state index in [1.54, 1.807) is 4.57 Å². The Bertz CT molecular complexity index is 716. The average molecular weight is 362 g/mol. The lowest BCUT2D eigenvalue weighted by Gasteiger charge is -2.29. The van der Waals surface area contributed by atoms with Crippen molar-refractivity contribution in [2.75, 3.05) is 6.54 Å². The van der Waals surface area contributed by atoms with Gasteiger partial charge in [-0.3, -0.25) is 0 Å². The minimum absolute atomic E-state index is 0.0492. The summed E-state index contributed by atoms with van der Waals surface area (Å²) in [6.45, 7) is 1.49. The number of benzene rings is 1. The van der Waals surface area contributed by atoms with Crippen LogP contribution in [0.25, 0.3) is 11.0 Å². The smallest absolute Gasteiger partial charge is 0.392 e. The third-order valence-corrected chi connectivity index (χ3v) is 4.74. The predicted octanol–water partition coefficient (Wildman–Crippen LogP) is 3.60. The molecule has 1 saturated heterocycles. The van der Waals surface area contributed by atoms with Crippen LogP contribution in [-0.4, -0.2) is 33.3 Å². The van der Waals surface area contributed by atoms with E-state index in [2.05, 4.69) is 10.3 Å². The molecular formula is C16H19ClF3N3O. The highest BCUT2D eigenvalue weighted by atomic mass is 35.5. The number of aliphatic hydroxyl groups excluding tert-OH is 1. The summed E-state index contributed by atoms with van der Waals surface area (Å²) < 4.78 is 40.2. The van der Waals surface area contributed by atoms with Crippen molar-refractivity contribution in [1.29, 1.82) is 0 Å². The van der Waals surface area contributed by atoms with Gasteiger partial charge in [0.15, 0.2) is 0 Å². The Balaban J connectivity index is 1.71. The highest BCUT2D eigenvalue weighted by Gasteiger charge is 2.32. The van der Waals surface area contributed by atoms with Gasteiger partial charge in [-0.05, 0) is 44.4 Å². The standard InChI is InChI=1S/C16H19ClF3N3O/c17-11-7-10(16(18,19)20)8-13-15(11)23(9-22-13)6-2-3-12-14(24)4-1-5-21-12/h7-9,12,14,21,24H,1-6H2/t12-,14+/m1/s1. The summed E-state index contributed by atoms with van der Waals surface area (Å²) in [5.74, 6) is 0. The van der Waals surface area contributed by atoms with Crippen molar-refractivity contribution >= 4 is 22.6 Å². The van der Waals surface area contributed by atoms with E-state index in [-0.39, 0.29) is 22.7 Å². The van der Waals surface area contributed by atoms with Gasteiger partial charge in [-0.1, -0.05) is 11.6 Å². The molecule has 2 N–H and O–H groups in total. The fraction of sp³-hybridized carbons (Fsp3) is 0.562. The number of hydrogen-bond donors (Lipinski definition) is 2. The zero-order chi connectivity index (χ0) is 17.3. The molecule has 1 aliphatic rings. The van der Waals surface area contributed by atoms with Gasteiger partial charge in [-0.15, -0.1) is 0 Å². The number of piperidine rings is 1. The monoisotopic (exact) mass is 361 g/mol. The molecule has 0 aliphatic carbocycles. The number of rotatable bonds is 4. The topological polar surface area (TPSA) is 50.1 Å². The van der Waals surface area contributed by atoms with Gasteiger partial charge < -0.3 is 15.0 Å². The summed E-state index contributed by atoms with van der Waals surface area (Å²) >= 11 is 6.05. The first-order valence-corrected chi connectivity index (χ1v) is 8.37. The first kappa shape index (κ1) is 17.5.